The summed E-state index contributed by atoms with van der Waals surface area (Å²) in [5, 5.41) is 21.3. The molecule has 0 fully saturated rings. The van der Waals surface area contributed by atoms with E-state index in [-0.39, 0.29) is 5.69 Å². The third-order valence-corrected chi connectivity index (χ3v) is 4.42. The molecule has 2 heterocycles. The molecule has 21 heavy (non-hydrogen) atoms. The van der Waals surface area contributed by atoms with Crippen molar-refractivity contribution in [3.63, 3.8) is 0 Å². The molecule has 0 spiro atoms. The smallest absolute Gasteiger partial charge is 0.304 e. The third-order valence-electron chi connectivity index (χ3n) is 3.01. The van der Waals surface area contributed by atoms with E-state index >= 15 is 0 Å². The summed E-state index contributed by atoms with van der Waals surface area (Å²) in [6.45, 7) is 3.98. The zero-order valence-corrected chi connectivity index (χ0v) is 12.9. The first-order valence-corrected chi connectivity index (χ1v) is 7.30. The van der Waals surface area contributed by atoms with Crippen LogP contribution in [-0.2, 0) is 6.54 Å². The van der Waals surface area contributed by atoms with Crippen LogP contribution in [0.2, 0.25) is 0 Å². The topological polar surface area (TPSA) is 79.5 Å². The van der Waals surface area contributed by atoms with Gasteiger partial charge in [0.25, 0.3) is 0 Å². The molecule has 112 valence electrons. The number of nitrogens with zero attached hydrogens (tertiary/aromatic N) is 3. The van der Waals surface area contributed by atoms with E-state index in [1.807, 2.05) is 25.1 Å². The van der Waals surface area contributed by atoms with E-state index in [1.165, 1.54) is 17.4 Å². The normalized spacial score (nSPS) is 12.2. The Balaban J connectivity index is 2.29. The van der Waals surface area contributed by atoms with Crippen LogP contribution in [0.5, 0.6) is 0 Å². The number of hydrogen-bond donors (Lipinski definition) is 1. The van der Waals surface area contributed by atoms with Gasteiger partial charge in [0.15, 0.2) is 5.00 Å². The molecule has 0 aliphatic heterocycles. The van der Waals surface area contributed by atoms with E-state index in [0.29, 0.717) is 16.4 Å². The van der Waals surface area contributed by atoms with Gasteiger partial charge in [-0.2, -0.15) is 0 Å². The second kappa shape index (κ2) is 6.19. The van der Waals surface area contributed by atoms with Gasteiger partial charge < -0.3 is 10.0 Å². The van der Waals surface area contributed by atoms with Crippen LogP contribution in [0, 0.1) is 17.0 Å². The van der Waals surface area contributed by atoms with Gasteiger partial charge in [-0.3, -0.25) is 15.1 Å². The Morgan fingerprint density at radius 2 is 2.24 bits per heavy atom. The second-order valence-corrected chi connectivity index (χ2v) is 5.96. The Morgan fingerprint density at radius 3 is 2.81 bits per heavy atom. The number of pyridine rings is 1. The largest absolute Gasteiger partial charge is 0.388 e. The van der Waals surface area contributed by atoms with E-state index < -0.39 is 11.0 Å². The molecule has 0 aromatic carbocycles. The average Bonchev–Trinajstić information content (AvgIpc) is 2.84. The summed E-state index contributed by atoms with van der Waals surface area (Å²) < 4.78 is 0. The number of anilines is 1. The van der Waals surface area contributed by atoms with Crippen molar-refractivity contribution in [2.45, 2.75) is 26.5 Å². The van der Waals surface area contributed by atoms with Gasteiger partial charge in [-0.1, -0.05) is 6.07 Å². The van der Waals surface area contributed by atoms with Crippen LogP contribution >= 0.6 is 11.3 Å². The van der Waals surface area contributed by atoms with Gasteiger partial charge in [-0.15, -0.1) is 11.3 Å². The predicted octanol–water partition coefficient (Wildman–Crippen LogP) is 3.05. The fraction of sp³-hybridized carbons (Fsp3) is 0.357. The SMILES string of the molecule is Cc1cccc(CN(C)c2sc(C(C)O)cc2[N+](=O)[O-])n1. The van der Waals surface area contributed by atoms with Crippen LogP contribution in [0.25, 0.3) is 0 Å². The fourth-order valence-corrected chi connectivity index (χ4v) is 3.03. The van der Waals surface area contributed by atoms with E-state index in [9.17, 15) is 15.2 Å². The van der Waals surface area contributed by atoms with Crippen molar-refractivity contribution in [2.75, 3.05) is 11.9 Å². The van der Waals surface area contributed by atoms with Gasteiger partial charge in [0.2, 0.25) is 0 Å². The van der Waals surface area contributed by atoms with Gasteiger partial charge in [0.05, 0.1) is 23.3 Å². The maximum atomic E-state index is 11.2. The number of aliphatic hydroxyl groups excluding tert-OH is 1. The molecule has 0 amide bonds. The first-order chi connectivity index (χ1) is 9.88. The lowest BCUT2D eigenvalue weighted by molar-refractivity contribution is -0.383. The fourth-order valence-electron chi connectivity index (χ4n) is 2.00. The predicted molar refractivity (Wildman–Crippen MR) is 82.7 cm³/mol. The highest BCUT2D eigenvalue weighted by atomic mass is 32.1. The van der Waals surface area contributed by atoms with Gasteiger partial charge in [-0.25, -0.2) is 0 Å². The lowest BCUT2D eigenvalue weighted by atomic mass is 10.3. The highest BCUT2D eigenvalue weighted by Crippen LogP contribution is 2.39. The Morgan fingerprint density at radius 1 is 1.52 bits per heavy atom. The lowest BCUT2D eigenvalue weighted by Gasteiger charge is -2.16. The standard InChI is InChI=1S/C14H17N3O3S/c1-9-5-4-6-11(15-9)8-16(3)14-12(17(19)20)7-13(21-14)10(2)18/h4-7,10,18H,8H2,1-3H3. The molecule has 2 rings (SSSR count). The summed E-state index contributed by atoms with van der Waals surface area (Å²) >= 11 is 1.23. The number of thiophene rings is 1. The summed E-state index contributed by atoms with van der Waals surface area (Å²) in [6.07, 6.45) is -0.715. The number of aryl methyl sites for hydroxylation is 1. The molecular weight excluding hydrogens is 290 g/mol. The number of nitro groups is 1. The highest BCUT2D eigenvalue weighted by molar-refractivity contribution is 7.16. The van der Waals surface area contributed by atoms with Crippen LogP contribution in [0.4, 0.5) is 10.7 Å². The summed E-state index contributed by atoms with van der Waals surface area (Å²) in [6, 6.07) is 7.14. The minimum atomic E-state index is -0.715. The van der Waals surface area contributed by atoms with Crippen molar-refractivity contribution in [1.82, 2.24) is 4.98 Å². The number of hydrogen-bond acceptors (Lipinski definition) is 6. The molecule has 0 saturated carbocycles. The van der Waals surface area contributed by atoms with E-state index in [4.69, 9.17) is 0 Å². The Labute approximate surface area is 126 Å². The lowest BCUT2D eigenvalue weighted by Crippen LogP contribution is -2.17. The Bertz CT molecular complexity index is 655. The molecule has 7 heteroatoms. The van der Waals surface area contributed by atoms with Crippen LogP contribution in [0.3, 0.4) is 0 Å². The maximum absolute atomic E-state index is 11.2. The Kier molecular flexibility index (Phi) is 4.54. The molecule has 2 aromatic heterocycles. The molecule has 1 unspecified atom stereocenters. The van der Waals surface area contributed by atoms with Crippen LogP contribution in [0.1, 0.15) is 29.3 Å². The maximum Gasteiger partial charge on any atom is 0.304 e. The quantitative estimate of drug-likeness (QED) is 0.678. The zero-order valence-electron chi connectivity index (χ0n) is 12.1. The van der Waals surface area contributed by atoms with Gasteiger partial charge in [0.1, 0.15) is 0 Å². The monoisotopic (exact) mass is 307 g/mol. The molecular formula is C14H17N3O3S. The molecule has 1 atom stereocenters. The average molecular weight is 307 g/mol. The second-order valence-electron chi connectivity index (χ2n) is 4.90. The summed E-state index contributed by atoms with van der Waals surface area (Å²) in [4.78, 5) is 17.5. The number of rotatable bonds is 5. The molecule has 0 aliphatic carbocycles. The number of aliphatic hydroxyl groups is 1. The first kappa shape index (κ1) is 15.4. The van der Waals surface area contributed by atoms with E-state index in [1.54, 1.807) is 18.9 Å². The van der Waals surface area contributed by atoms with Crippen molar-refractivity contribution < 1.29 is 10.0 Å². The third kappa shape index (κ3) is 3.56. The molecule has 0 radical (unpaired) electrons. The molecule has 0 aliphatic rings. The summed E-state index contributed by atoms with van der Waals surface area (Å²) in [7, 11) is 1.79. The van der Waals surface area contributed by atoms with Crippen molar-refractivity contribution in [3.05, 3.63) is 50.6 Å². The molecule has 0 saturated heterocycles. The Hall–Kier alpha value is -1.99. The highest BCUT2D eigenvalue weighted by Gasteiger charge is 2.24. The van der Waals surface area contributed by atoms with Gasteiger partial charge >= 0.3 is 5.69 Å². The van der Waals surface area contributed by atoms with Crippen molar-refractivity contribution in [2.24, 2.45) is 0 Å². The van der Waals surface area contributed by atoms with Crippen molar-refractivity contribution >= 4 is 22.0 Å². The molecule has 2 aromatic rings. The number of aromatic nitrogens is 1. The van der Waals surface area contributed by atoms with Crippen molar-refractivity contribution in [1.29, 1.82) is 0 Å². The molecule has 0 bridgehead atoms. The van der Waals surface area contributed by atoms with Gasteiger partial charge in [0, 0.05) is 23.7 Å². The van der Waals surface area contributed by atoms with Crippen LogP contribution < -0.4 is 4.90 Å². The molecule has 1 N–H and O–H groups in total. The summed E-state index contributed by atoms with van der Waals surface area (Å²) in [5.41, 5.74) is 1.77. The molecule has 6 nitrogen and oxygen atoms in total. The first-order valence-electron chi connectivity index (χ1n) is 6.48. The van der Waals surface area contributed by atoms with Crippen LogP contribution in [-0.4, -0.2) is 22.1 Å². The van der Waals surface area contributed by atoms with E-state index in [0.717, 1.165) is 11.4 Å². The minimum Gasteiger partial charge on any atom is -0.388 e. The zero-order chi connectivity index (χ0) is 15.6. The van der Waals surface area contributed by atoms with E-state index in [2.05, 4.69) is 4.98 Å². The van der Waals surface area contributed by atoms with Gasteiger partial charge in [-0.05, 0) is 26.0 Å². The minimum absolute atomic E-state index is 0.0195. The van der Waals surface area contributed by atoms with Crippen LogP contribution in [0.15, 0.2) is 24.3 Å². The van der Waals surface area contributed by atoms with Crippen molar-refractivity contribution in [3.8, 4) is 0 Å². The summed E-state index contributed by atoms with van der Waals surface area (Å²) in [5.74, 6) is 0.